The number of nitrogens with zero attached hydrogens (tertiary/aromatic N) is 6. The van der Waals surface area contributed by atoms with Crippen LogP contribution in [0.15, 0.2) is 40.9 Å². The second-order valence-corrected chi connectivity index (χ2v) is 49.1. The molecule has 0 atom stereocenters. The first kappa shape index (κ1) is 66.8. The average molecular weight is 1190 g/mol. The number of nitro benzene ring substituents is 2. The standard InChI is InChI=1S/C23H39N3O5Si2.C18H35BN2O2Si.C12H18BrNO4Si/c1-18-23(19(2)25(24-18)16-29-11-13-32(3,4)5)21-10-9-20(26(27)28)15-22(21)31-17-30-12-14-33(6,7)8;1-14-16(19-12-17(3,4)18(5,6)23-19)15(2)21(20-14)13-22-10-11-24(7,8)9;1-19(2,3)7-6-17-9-18-12-8-10(14(15)16)4-5-11(12)13/h9-10,15H,11-14,16-17H2,1-8H3;10-13H2,1-9H3;4-5,8H,6-7,9H2,1-3H3. The molecule has 5 rings (SSSR count). The summed E-state index contributed by atoms with van der Waals surface area (Å²) in [7, 11) is -4.50. The molecule has 2 aromatic heterocycles. The van der Waals surface area contributed by atoms with Crippen LogP contribution in [0, 0.1) is 53.3 Å². The van der Waals surface area contributed by atoms with Gasteiger partial charge in [-0.1, -0.05) is 92.4 Å². The van der Waals surface area contributed by atoms with Gasteiger partial charge in [-0.2, -0.15) is 10.2 Å². The first-order chi connectivity index (χ1) is 34.9. The Morgan fingerprint density at radius 2 is 1.03 bits per heavy atom. The highest BCUT2D eigenvalue weighted by Gasteiger charge is 2.51. The predicted octanol–water partition coefficient (Wildman–Crippen LogP) is 14.0. The van der Waals surface area contributed by atoms with Crippen LogP contribution in [0.25, 0.3) is 11.1 Å². The lowest BCUT2D eigenvalue weighted by Gasteiger charge is -2.34. The molecule has 1 aliphatic heterocycles. The van der Waals surface area contributed by atoms with Crippen molar-refractivity contribution < 1.29 is 42.9 Å². The SMILES string of the molecule is C[Si](C)(C)CCOCOc1cc([N+](=O)[O-])ccc1Br.Cc1nn(COCC[Si](C)(C)C)c(C)c1-c1ccc([N+](=O)[O-])cc1OCOCC[Si](C)(C)C.Cc1nn(COCC[Si](C)(C)C)c(C)c1B1CC(C)(C)C(C)(C)O1. The highest BCUT2D eigenvalue weighted by atomic mass is 79.9. The van der Waals surface area contributed by atoms with Gasteiger partial charge in [-0.15, -0.1) is 0 Å². The third-order valence-electron chi connectivity index (χ3n) is 13.5. The molecule has 0 saturated carbocycles. The van der Waals surface area contributed by atoms with Gasteiger partial charge in [0, 0.05) is 93.4 Å². The van der Waals surface area contributed by atoms with Gasteiger partial charge in [0.1, 0.15) is 25.0 Å². The van der Waals surface area contributed by atoms with Crippen molar-refractivity contribution in [1.29, 1.82) is 0 Å². The van der Waals surface area contributed by atoms with E-state index in [1.165, 1.54) is 41.5 Å². The number of non-ortho nitro benzene ring substituents is 2. The van der Waals surface area contributed by atoms with Crippen LogP contribution in [-0.4, -0.2) is 114 Å². The Kier molecular flexibility index (Phi) is 25.1. The molecule has 1 fully saturated rings. The quantitative estimate of drug-likeness (QED) is 0.0190. The summed E-state index contributed by atoms with van der Waals surface area (Å²) >= 11 is 3.28. The molecule has 0 amide bonds. The Morgan fingerprint density at radius 1 is 0.618 bits per heavy atom. The second kappa shape index (κ2) is 28.6. The molecular weight excluding hydrogens is 1100 g/mol. The molecule has 1 saturated heterocycles. The average Bonchev–Trinajstić information content (AvgIpc) is 3.81. The molecule has 0 aliphatic carbocycles. The summed E-state index contributed by atoms with van der Waals surface area (Å²) in [5.74, 6) is 0.838. The summed E-state index contributed by atoms with van der Waals surface area (Å²) in [6, 6.07) is 13.4. The zero-order valence-corrected chi connectivity index (χ0v) is 55.4. The molecule has 76 heavy (non-hydrogen) atoms. The Balaban J connectivity index is 0.000000313. The minimum Gasteiger partial charge on any atom is -0.467 e. The Hall–Kier alpha value is -3.53. The molecule has 0 bridgehead atoms. The smallest absolute Gasteiger partial charge is 0.331 e. The lowest BCUT2D eigenvalue weighted by atomic mass is 9.53. The largest absolute Gasteiger partial charge is 0.467 e. The molecule has 0 unspecified atom stereocenters. The van der Waals surface area contributed by atoms with Gasteiger partial charge < -0.3 is 33.1 Å². The van der Waals surface area contributed by atoms with Crippen LogP contribution < -0.4 is 14.9 Å². The number of rotatable bonds is 26. The number of halogens is 1. The van der Waals surface area contributed by atoms with Gasteiger partial charge in [0.2, 0.25) is 0 Å². The molecule has 23 heteroatoms. The van der Waals surface area contributed by atoms with E-state index in [1.54, 1.807) is 12.1 Å². The molecule has 426 valence electrons. The molecule has 17 nitrogen and oxygen atoms in total. The van der Waals surface area contributed by atoms with Crippen molar-refractivity contribution >= 4 is 72.0 Å². The molecule has 2 aromatic carbocycles. The normalized spacial score (nSPS) is 14.5. The minimum absolute atomic E-state index is 0.000277. The van der Waals surface area contributed by atoms with E-state index in [9.17, 15) is 20.2 Å². The van der Waals surface area contributed by atoms with Gasteiger partial charge in [0.15, 0.2) is 13.6 Å². The molecule has 0 radical (unpaired) electrons. The molecule has 0 N–H and O–H groups in total. The number of nitro groups is 2. The fraction of sp³-hybridized carbons (Fsp3) is 0.660. The molecule has 0 spiro atoms. The van der Waals surface area contributed by atoms with Crippen molar-refractivity contribution in [1.82, 2.24) is 19.6 Å². The lowest BCUT2D eigenvalue weighted by molar-refractivity contribution is -0.385. The zero-order chi connectivity index (χ0) is 57.6. The number of benzene rings is 2. The fourth-order valence-corrected chi connectivity index (χ4v) is 11.1. The Bertz CT molecular complexity index is 2500. The topological polar surface area (TPSA) is 187 Å². The van der Waals surface area contributed by atoms with E-state index in [0.29, 0.717) is 49.3 Å². The number of ether oxygens (including phenoxy) is 6. The van der Waals surface area contributed by atoms with Crippen molar-refractivity contribution in [3.63, 3.8) is 0 Å². The monoisotopic (exact) mass is 1190 g/mol. The van der Waals surface area contributed by atoms with E-state index >= 15 is 0 Å². The molecular formula is C53H92BBrN6O11Si4. The third-order valence-corrected chi connectivity index (χ3v) is 21.0. The zero-order valence-electron chi connectivity index (χ0n) is 49.8. The van der Waals surface area contributed by atoms with Crippen molar-refractivity contribution in [2.75, 3.05) is 40.0 Å². The second-order valence-electron chi connectivity index (χ2n) is 25.8. The van der Waals surface area contributed by atoms with E-state index in [1.807, 2.05) is 23.2 Å². The predicted molar refractivity (Wildman–Crippen MR) is 323 cm³/mol. The highest BCUT2D eigenvalue weighted by Crippen LogP contribution is 2.45. The first-order valence-corrected chi connectivity index (χ1v) is 42.1. The maximum Gasteiger partial charge on any atom is 0.331 e. The molecule has 1 aliphatic rings. The Labute approximate surface area is 467 Å². The van der Waals surface area contributed by atoms with Crippen LogP contribution in [0.1, 0.15) is 50.5 Å². The van der Waals surface area contributed by atoms with Gasteiger partial charge in [-0.3, -0.25) is 20.2 Å². The van der Waals surface area contributed by atoms with E-state index in [2.05, 4.69) is 141 Å². The van der Waals surface area contributed by atoms with Crippen molar-refractivity contribution in [3.05, 3.63) is 83.9 Å². The maximum absolute atomic E-state index is 11.3. The number of hydrogen-bond donors (Lipinski definition) is 0. The van der Waals surface area contributed by atoms with Crippen LogP contribution >= 0.6 is 15.9 Å². The first-order valence-electron chi connectivity index (χ1n) is 26.5. The van der Waals surface area contributed by atoms with Crippen molar-refractivity contribution in [3.8, 4) is 22.6 Å². The summed E-state index contributed by atoms with van der Waals surface area (Å²) in [4.78, 5) is 21.1. The fourth-order valence-electron chi connectivity index (χ4n) is 7.75. The van der Waals surface area contributed by atoms with Crippen LogP contribution in [0.4, 0.5) is 11.4 Å². The lowest BCUT2D eigenvalue weighted by Crippen LogP contribution is -2.37. The summed E-state index contributed by atoms with van der Waals surface area (Å²) < 4.78 is 45.0. The summed E-state index contributed by atoms with van der Waals surface area (Å²) in [6.45, 7) is 48.9. The summed E-state index contributed by atoms with van der Waals surface area (Å²) in [5, 5.41) is 31.3. The van der Waals surface area contributed by atoms with E-state index in [0.717, 1.165) is 59.3 Å². The van der Waals surface area contributed by atoms with Crippen molar-refractivity contribution in [2.45, 2.75) is 184 Å². The van der Waals surface area contributed by atoms with Gasteiger partial charge in [-0.05, 0) is 111 Å². The maximum atomic E-state index is 11.3. The van der Waals surface area contributed by atoms with Crippen LogP contribution in [0.3, 0.4) is 0 Å². The number of hydrogen-bond acceptors (Lipinski definition) is 13. The van der Waals surface area contributed by atoms with E-state index in [4.69, 9.17) is 38.2 Å². The Morgan fingerprint density at radius 3 is 1.46 bits per heavy atom. The van der Waals surface area contributed by atoms with E-state index < -0.39 is 42.1 Å². The summed E-state index contributed by atoms with van der Waals surface area (Å²) in [6.07, 6.45) is 1.03. The number of aromatic nitrogens is 4. The summed E-state index contributed by atoms with van der Waals surface area (Å²) in [5.41, 5.74) is 6.93. The third kappa shape index (κ3) is 22.3. The minimum atomic E-state index is -1.20. The van der Waals surface area contributed by atoms with Gasteiger partial charge in [0.25, 0.3) is 11.4 Å². The van der Waals surface area contributed by atoms with Gasteiger partial charge >= 0.3 is 6.92 Å². The van der Waals surface area contributed by atoms with Crippen LogP contribution in [-0.2, 0) is 37.1 Å². The highest BCUT2D eigenvalue weighted by molar-refractivity contribution is 9.10. The van der Waals surface area contributed by atoms with Crippen molar-refractivity contribution in [2.24, 2.45) is 5.41 Å². The van der Waals surface area contributed by atoms with Crippen LogP contribution in [0.5, 0.6) is 11.5 Å². The number of aryl methyl sites for hydroxylation is 2. The van der Waals surface area contributed by atoms with Gasteiger partial charge in [-0.25, -0.2) is 9.36 Å². The molecule has 3 heterocycles. The van der Waals surface area contributed by atoms with Gasteiger partial charge in [0.05, 0.1) is 43.4 Å². The van der Waals surface area contributed by atoms with Crippen LogP contribution in [0.2, 0.25) is 109 Å². The molecule has 4 aromatic rings. The van der Waals surface area contributed by atoms with E-state index in [-0.39, 0.29) is 42.9 Å².